The number of hydrogen-bond acceptors (Lipinski definition) is 3. The van der Waals surface area contributed by atoms with Gasteiger partial charge in [0.15, 0.2) is 5.65 Å². The van der Waals surface area contributed by atoms with Gasteiger partial charge in [-0.3, -0.25) is 4.79 Å². The van der Waals surface area contributed by atoms with E-state index in [1.54, 1.807) is 18.2 Å². The van der Waals surface area contributed by atoms with Crippen LogP contribution < -0.4 is 5.73 Å². The molecule has 19 heavy (non-hydrogen) atoms. The van der Waals surface area contributed by atoms with Crippen molar-refractivity contribution in [3.05, 3.63) is 53.3 Å². The minimum absolute atomic E-state index is 0.305. The fourth-order valence-electron chi connectivity index (χ4n) is 1.92. The highest BCUT2D eigenvalue weighted by Gasteiger charge is 2.13. The van der Waals surface area contributed by atoms with E-state index in [-0.39, 0.29) is 0 Å². The molecule has 0 saturated heterocycles. The minimum atomic E-state index is -0.552. The highest BCUT2D eigenvalue weighted by molar-refractivity contribution is 6.30. The lowest BCUT2D eigenvalue weighted by Crippen LogP contribution is -2.13. The molecule has 0 aliphatic rings. The third-order valence-corrected chi connectivity index (χ3v) is 3.00. The normalized spacial score (nSPS) is 10.8. The van der Waals surface area contributed by atoms with Crippen LogP contribution in [0.25, 0.3) is 16.9 Å². The number of amides is 1. The number of aromatic nitrogens is 3. The van der Waals surface area contributed by atoms with Crippen LogP contribution in [0.2, 0.25) is 5.02 Å². The first-order valence-corrected chi connectivity index (χ1v) is 5.86. The lowest BCUT2D eigenvalue weighted by atomic mass is 10.1. The van der Waals surface area contributed by atoms with Crippen molar-refractivity contribution in [2.75, 3.05) is 0 Å². The molecule has 0 saturated carbocycles. The van der Waals surface area contributed by atoms with Gasteiger partial charge in [0.25, 0.3) is 5.91 Å². The molecule has 1 radical (unpaired) electrons. The highest BCUT2D eigenvalue weighted by Crippen LogP contribution is 2.24. The first-order chi connectivity index (χ1) is 9.16. The number of nitrogens with zero attached hydrogens (tertiary/aromatic N) is 3. The summed E-state index contributed by atoms with van der Waals surface area (Å²) >= 11 is 5.97. The van der Waals surface area contributed by atoms with Crippen LogP contribution >= 0.6 is 11.6 Å². The Bertz CT molecular complexity index is 781. The second-order valence-electron chi connectivity index (χ2n) is 3.95. The SMILES string of the molecule is NC(=O)c1ccc(-c2cccc(Cl)c2)n2n[c]nc12. The summed E-state index contributed by atoms with van der Waals surface area (Å²) in [5.74, 6) is -0.552. The molecule has 0 fully saturated rings. The van der Waals surface area contributed by atoms with E-state index in [1.165, 1.54) is 4.52 Å². The van der Waals surface area contributed by atoms with Crippen LogP contribution in [0.5, 0.6) is 0 Å². The maximum Gasteiger partial charge on any atom is 0.252 e. The lowest BCUT2D eigenvalue weighted by Gasteiger charge is -2.06. The number of benzene rings is 1. The maximum atomic E-state index is 11.3. The van der Waals surface area contributed by atoms with Crippen LogP contribution in [0.4, 0.5) is 0 Å². The molecular formula is C13H8ClN4O. The van der Waals surface area contributed by atoms with Crippen LogP contribution in [0, 0.1) is 6.33 Å². The molecule has 2 N–H and O–H groups in total. The van der Waals surface area contributed by atoms with Gasteiger partial charge in [0.05, 0.1) is 11.3 Å². The van der Waals surface area contributed by atoms with Gasteiger partial charge in [0, 0.05) is 10.6 Å². The molecule has 0 aliphatic heterocycles. The molecule has 1 amide bonds. The number of primary amides is 1. The van der Waals surface area contributed by atoms with Gasteiger partial charge >= 0.3 is 0 Å². The quantitative estimate of drug-likeness (QED) is 0.774. The molecule has 1 aromatic carbocycles. The number of carbonyl (C=O) groups is 1. The molecule has 93 valence electrons. The van der Waals surface area contributed by atoms with E-state index in [2.05, 4.69) is 16.4 Å². The topological polar surface area (TPSA) is 73.3 Å². The number of rotatable bonds is 2. The molecule has 0 bridgehead atoms. The van der Waals surface area contributed by atoms with Gasteiger partial charge in [-0.25, -0.2) is 9.50 Å². The number of halogens is 1. The van der Waals surface area contributed by atoms with Crippen LogP contribution in [-0.4, -0.2) is 20.5 Å². The van der Waals surface area contributed by atoms with Crippen LogP contribution in [0.1, 0.15) is 10.4 Å². The summed E-state index contributed by atoms with van der Waals surface area (Å²) in [5.41, 5.74) is 7.61. The van der Waals surface area contributed by atoms with Crippen molar-refractivity contribution in [2.24, 2.45) is 5.73 Å². The molecule has 5 nitrogen and oxygen atoms in total. The summed E-state index contributed by atoms with van der Waals surface area (Å²) in [6, 6.07) is 10.7. The van der Waals surface area contributed by atoms with Gasteiger partial charge in [-0.15, -0.1) is 5.10 Å². The zero-order valence-corrected chi connectivity index (χ0v) is 10.4. The molecule has 0 spiro atoms. The van der Waals surface area contributed by atoms with Crippen molar-refractivity contribution in [1.29, 1.82) is 0 Å². The van der Waals surface area contributed by atoms with Crippen molar-refractivity contribution in [2.45, 2.75) is 0 Å². The Morgan fingerprint density at radius 1 is 1.32 bits per heavy atom. The smallest absolute Gasteiger partial charge is 0.252 e. The molecule has 2 heterocycles. The number of pyridine rings is 1. The molecule has 3 rings (SSSR count). The van der Waals surface area contributed by atoms with Crippen LogP contribution in [0.15, 0.2) is 36.4 Å². The molecule has 2 aromatic heterocycles. The molecule has 3 aromatic rings. The van der Waals surface area contributed by atoms with E-state index < -0.39 is 5.91 Å². The summed E-state index contributed by atoms with van der Waals surface area (Å²) in [6.45, 7) is 0. The van der Waals surface area contributed by atoms with E-state index in [9.17, 15) is 4.79 Å². The van der Waals surface area contributed by atoms with Crippen LogP contribution in [0.3, 0.4) is 0 Å². The maximum absolute atomic E-state index is 11.3. The Morgan fingerprint density at radius 3 is 2.89 bits per heavy atom. The molecule has 0 atom stereocenters. The van der Waals surface area contributed by atoms with Gasteiger partial charge in [-0.05, 0) is 24.3 Å². The monoisotopic (exact) mass is 271 g/mol. The third-order valence-electron chi connectivity index (χ3n) is 2.76. The summed E-state index contributed by atoms with van der Waals surface area (Å²) in [5, 5.41) is 4.62. The summed E-state index contributed by atoms with van der Waals surface area (Å²) in [7, 11) is 0. The van der Waals surface area contributed by atoms with Gasteiger partial charge in [0.1, 0.15) is 0 Å². The summed E-state index contributed by atoms with van der Waals surface area (Å²) < 4.78 is 1.52. The Labute approximate surface area is 113 Å². The van der Waals surface area contributed by atoms with Crippen molar-refractivity contribution in [1.82, 2.24) is 14.6 Å². The van der Waals surface area contributed by atoms with Crippen LogP contribution in [-0.2, 0) is 0 Å². The Balaban J connectivity index is 2.29. The van der Waals surface area contributed by atoms with Gasteiger partial charge in [-0.1, -0.05) is 23.7 Å². The fourth-order valence-corrected chi connectivity index (χ4v) is 2.11. The largest absolute Gasteiger partial charge is 0.365 e. The van der Waals surface area contributed by atoms with Gasteiger partial charge in [-0.2, -0.15) is 0 Å². The van der Waals surface area contributed by atoms with Gasteiger partial charge < -0.3 is 5.73 Å². The molecule has 6 heteroatoms. The zero-order valence-electron chi connectivity index (χ0n) is 9.67. The number of fused-ring (bicyclic) bond motifs is 1. The summed E-state index contributed by atoms with van der Waals surface area (Å²) in [4.78, 5) is 15.3. The van der Waals surface area contributed by atoms with E-state index in [4.69, 9.17) is 17.3 Å². The van der Waals surface area contributed by atoms with E-state index in [0.29, 0.717) is 16.2 Å². The van der Waals surface area contributed by atoms with Crippen molar-refractivity contribution in [3.8, 4) is 11.3 Å². The third kappa shape index (κ3) is 1.94. The number of carbonyl (C=O) groups excluding carboxylic acids is 1. The highest BCUT2D eigenvalue weighted by atomic mass is 35.5. The number of hydrogen-bond donors (Lipinski definition) is 1. The van der Waals surface area contributed by atoms with E-state index >= 15 is 0 Å². The first-order valence-electron chi connectivity index (χ1n) is 5.48. The zero-order chi connectivity index (χ0) is 13.4. The lowest BCUT2D eigenvalue weighted by molar-refractivity contribution is 0.100. The van der Waals surface area contributed by atoms with Crippen molar-refractivity contribution in [3.63, 3.8) is 0 Å². The predicted octanol–water partition coefficient (Wildman–Crippen LogP) is 1.95. The second-order valence-corrected chi connectivity index (χ2v) is 4.39. The molecular weight excluding hydrogens is 264 g/mol. The summed E-state index contributed by atoms with van der Waals surface area (Å²) in [6.07, 6.45) is 2.48. The Morgan fingerprint density at radius 2 is 2.16 bits per heavy atom. The Hall–Kier alpha value is -2.40. The van der Waals surface area contributed by atoms with E-state index in [1.807, 2.05) is 18.2 Å². The Kier molecular flexibility index (Phi) is 2.68. The standard InChI is InChI=1S/C13H8ClN4O/c14-9-3-1-2-8(6-9)11-5-4-10(12(15)19)13-16-7-17-18(11)13/h1-6H,(H2,15,19). The first kappa shape index (κ1) is 11.7. The molecule has 0 unspecified atom stereocenters. The van der Waals surface area contributed by atoms with Crippen molar-refractivity contribution >= 4 is 23.2 Å². The van der Waals surface area contributed by atoms with E-state index in [0.717, 1.165) is 11.3 Å². The van der Waals surface area contributed by atoms with Gasteiger partial charge in [0.2, 0.25) is 6.33 Å². The molecule has 0 aliphatic carbocycles. The average Bonchev–Trinajstić information content (AvgIpc) is 2.86. The predicted molar refractivity (Wildman–Crippen MR) is 70.8 cm³/mol. The minimum Gasteiger partial charge on any atom is -0.365 e. The average molecular weight is 272 g/mol. The fraction of sp³-hybridized carbons (Fsp3) is 0. The second kappa shape index (κ2) is 4.37. The van der Waals surface area contributed by atoms with Crippen molar-refractivity contribution < 1.29 is 4.79 Å². The number of nitrogens with two attached hydrogens (primary N) is 1.